The van der Waals surface area contributed by atoms with Gasteiger partial charge in [0.25, 0.3) is 0 Å². The number of nitrogens with one attached hydrogen (secondary N) is 1. The standard InChI is InChI=1S/C22H37N3O2/c1-15(2)17-7-9-18(10-8-17)27-14-21-19(20-11-12-23-24-20)6-5-13-25(21)22(26)16(3)4/h11-12,15-19,21H,5-10,13-14H2,1-4H3,(H,23,24)/t17?,18?,19-,21+/m1/s1. The highest BCUT2D eigenvalue weighted by Gasteiger charge is 2.37. The predicted molar refractivity (Wildman–Crippen MR) is 107 cm³/mol. The molecule has 1 N–H and O–H groups in total. The Hall–Kier alpha value is -1.36. The van der Waals surface area contributed by atoms with Gasteiger partial charge in [-0.05, 0) is 56.4 Å². The smallest absolute Gasteiger partial charge is 0.225 e. The molecule has 2 aliphatic rings. The summed E-state index contributed by atoms with van der Waals surface area (Å²) in [5.74, 6) is 2.17. The molecule has 3 rings (SSSR count). The van der Waals surface area contributed by atoms with Gasteiger partial charge < -0.3 is 9.64 Å². The molecule has 27 heavy (non-hydrogen) atoms. The highest BCUT2D eigenvalue weighted by molar-refractivity contribution is 5.78. The molecule has 2 heterocycles. The Kier molecular flexibility index (Phi) is 6.96. The van der Waals surface area contributed by atoms with Crippen LogP contribution in [0.15, 0.2) is 12.3 Å². The third-order valence-corrected chi connectivity index (χ3v) is 6.64. The Morgan fingerprint density at radius 2 is 1.96 bits per heavy atom. The third-order valence-electron chi connectivity index (χ3n) is 6.64. The Labute approximate surface area is 164 Å². The van der Waals surface area contributed by atoms with Crippen molar-refractivity contribution >= 4 is 5.91 Å². The van der Waals surface area contributed by atoms with E-state index in [1.165, 1.54) is 12.8 Å². The molecule has 5 nitrogen and oxygen atoms in total. The first-order valence-electron chi connectivity index (χ1n) is 10.9. The number of nitrogens with zero attached hydrogens (tertiary/aromatic N) is 2. The quantitative estimate of drug-likeness (QED) is 0.803. The van der Waals surface area contributed by atoms with Crippen LogP contribution in [-0.2, 0) is 9.53 Å². The molecule has 2 atom stereocenters. The summed E-state index contributed by atoms with van der Waals surface area (Å²) in [6.45, 7) is 10.1. The monoisotopic (exact) mass is 375 g/mol. The fraction of sp³-hybridized carbons (Fsp3) is 0.818. The largest absolute Gasteiger partial charge is 0.376 e. The Bertz CT molecular complexity index is 576. The van der Waals surface area contributed by atoms with Crippen molar-refractivity contribution in [1.82, 2.24) is 15.1 Å². The number of piperidine rings is 1. The molecule has 0 aromatic carbocycles. The first-order chi connectivity index (χ1) is 13.0. The first-order valence-corrected chi connectivity index (χ1v) is 10.9. The number of likely N-dealkylation sites (tertiary alicyclic amines) is 1. The fourth-order valence-corrected chi connectivity index (χ4v) is 4.86. The molecule has 152 valence electrons. The zero-order valence-corrected chi connectivity index (χ0v) is 17.5. The second-order valence-electron chi connectivity index (χ2n) is 9.13. The van der Waals surface area contributed by atoms with Gasteiger partial charge >= 0.3 is 0 Å². The number of carbonyl (C=O) groups excluding carboxylic acids is 1. The highest BCUT2D eigenvalue weighted by Crippen LogP contribution is 2.35. The number of carbonyl (C=O) groups is 1. The van der Waals surface area contributed by atoms with Gasteiger partial charge in [0.2, 0.25) is 5.91 Å². The van der Waals surface area contributed by atoms with Crippen LogP contribution in [0.4, 0.5) is 0 Å². The minimum absolute atomic E-state index is 0.0227. The summed E-state index contributed by atoms with van der Waals surface area (Å²) >= 11 is 0. The second-order valence-corrected chi connectivity index (χ2v) is 9.13. The van der Waals surface area contributed by atoms with Crippen LogP contribution in [-0.4, -0.2) is 46.3 Å². The maximum Gasteiger partial charge on any atom is 0.225 e. The first kappa shape index (κ1) is 20.4. The van der Waals surface area contributed by atoms with Crippen LogP contribution in [0.3, 0.4) is 0 Å². The SMILES string of the molecule is CC(C)C(=O)N1CCC[C@H](c2ccn[nH]2)[C@@H]1COC1CCC(C(C)C)CC1. The van der Waals surface area contributed by atoms with Crippen molar-refractivity contribution in [2.24, 2.45) is 17.8 Å². The topological polar surface area (TPSA) is 58.2 Å². The fourth-order valence-electron chi connectivity index (χ4n) is 4.86. The normalized spacial score (nSPS) is 29.5. The number of H-pyrrole nitrogens is 1. The Morgan fingerprint density at radius 1 is 1.22 bits per heavy atom. The number of ether oxygens (including phenoxy) is 1. The molecule has 1 aliphatic heterocycles. The number of aromatic amines is 1. The van der Waals surface area contributed by atoms with E-state index >= 15 is 0 Å². The minimum Gasteiger partial charge on any atom is -0.376 e. The van der Waals surface area contributed by atoms with Crippen LogP contribution in [0.25, 0.3) is 0 Å². The van der Waals surface area contributed by atoms with E-state index in [1.807, 2.05) is 20.0 Å². The van der Waals surface area contributed by atoms with Crippen molar-refractivity contribution in [2.75, 3.05) is 13.2 Å². The summed E-state index contributed by atoms with van der Waals surface area (Å²) < 4.78 is 6.41. The lowest BCUT2D eigenvalue weighted by molar-refractivity contribution is -0.141. The molecular weight excluding hydrogens is 338 g/mol. The van der Waals surface area contributed by atoms with E-state index in [9.17, 15) is 4.79 Å². The van der Waals surface area contributed by atoms with Gasteiger partial charge in [-0.2, -0.15) is 5.10 Å². The number of rotatable bonds is 6. The molecular formula is C22H37N3O2. The lowest BCUT2D eigenvalue weighted by Crippen LogP contribution is -2.51. The third kappa shape index (κ3) is 4.92. The van der Waals surface area contributed by atoms with Crippen molar-refractivity contribution in [2.45, 2.75) is 84.3 Å². The van der Waals surface area contributed by atoms with Crippen molar-refractivity contribution in [3.63, 3.8) is 0 Å². The maximum atomic E-state index is 12.8. The maximum absolute atomic E-state index is 12.8. The Morgan fingerprint density at radius 3 is 2.56 bits per heavy atom. The molecule has 1 amide bonds. The van der Waals surface area contributed by atoms with E-state index in [0.717, 1.165) is 49.8 Å². The molecule has 1 aromatic heterocycles. The zero-order chi connectivity index (χ0) is 19.4. The van der Waals surface area contributed by atoms with Crippen molar-refractivity contribution < 1.29 is 9.53 Å². The van der Waals surface area contributed by atoms with Crippen LogP contribution in [0.5, 0.6) is 0 Å². The molecule has 1 aromatic rings. The summed E-state index contributed by atoms with van der Waals surface area (Å²) in [5.41, 5.74) is 1.13. The zero-order valence-electron chi connectivity index (χ0n) is 17.5. The average Bonchev–Trinajstić information content (AvgIpc) is 3.20. The Balaban J connectivity index is 1.66. The minimum atomic E-state index is 0.0227. The average molecular weight is 376 g/mol. The molecule has 5 heteroatoms. The van der Waals surface area contributed by atoms with Gasteiger partial charge in [-0.25, -0.2) is 0 Å². The van der Waals surface area contributed by atoms with Gasteiger partial charge in [-0.15, -0.1) is 0 Å². The highest BCUT2D eigenvalue weighted by atomic mass is 16.5. The van der Waals surface area contributed by atoms with E-state index < -0.39 is 0 Å². The number of hydrogen-bond acceptors (Lipinski definition) is 3. The molecule has 0 bridgehead atoms. The van der Waals surface area contributed by atoms with Gasteiger partial charge in [0.1, 0.15) is 0 Å². The van der Waals surface area contributed by atoms with Crippen LogP contribution in [0.2, 0.25) is 0 Å². The van der Waals surface area contributed by atoms with Gasteiger partial charge in [0.15, 0.2) is 0 Å². The molecule has 1 saturated carbocycles. The van der Waals surface area contributed by atoms with Crippen LogP contribution in [0.1, 0.15) is 77.8 Å². The van der Waals surface area contributed by atoms with Crippen LogP contribution < -0.4 is 0 Å². The molecule has 2 fully saturated rings. The van der Waals surface area contributed by atoms with Gasteiger partial charge in [0, 0.05) is 30.3 Å². The van der Waals surface area contributed by atoms with Crippen molar-refractivity contribution in [3.05, 3.63) is 18.0 Å². The summed E-state index contributed by atoms with van der Waals surface area (Å²) in [4.78, 5) is 14.9. The van der Waals surface area contributed by atoms with E-state index in [2.05, 4.69) is 35.0 Å². The molecule has 0 spiro atoms. The van der Waals surface area contributed by atoms with E-state index in [-0.39, 0.29) is 23.8 Å². The van der Waals surface area contributed by atoms with Crippen molar-refractivity contribution in [1.29, 1.82) is 0 Å². The summed E-state index contributed by atoms with van der Waals surface area (Å²) in [5, 5.41) is 7.28. The van der Waals surface area contributed by atoms with E-state index in [4.69, 9.17) is 4.74 Å². The van der Waals surface area contributed by atoms with Gasteiger partial charge in [-0.3, -0.25) is 9.89 Å². The number of amides is 1. The lowest BCUT2D eigenvalue weighted by Gasteiger charge is -2.42. The van der Waals surface area contributed by atoms with Crippen LogP contribution >= 0.6 is 0 Å². The number of hydrogen-bond donors (Lipinski definition) is 1. The number of aromatic nitrogens is 2. The molecule has 1 aliphatic carbocycles. The van der Waals surface area contributed by atoms with Crippen LogP contribution in [0, 0.1) is 17.8 Å². The summed E-state index contributed by atoms with van der Waals surface area (Å²) in [6, 6.07) is 2.16. The second kappa shape index (κ2) is 9.22. The van der Waals surface area contributed by atoms with Crippen molar-refractivity contribution in [3.8, 4) is 0 Å². The molecule has 0 unspecified atom stereocenters. The summed E-state index contributed by atoms with van der Waals surface area (Å²) in [6.07, 6.45) is 9.13. The summed E-state index contributed by atoms with van der Waals surface area (Å²) in [7, 11) is 0. The van der Waals surface area contributed by atoms with Gasteiger partial charge in [-0.1, -0.05) is 27.7 Å². The molecule has 0 radical (unpaired) electrons. The van der Waals surface area contributed by atoms with E-state index in [0.29, 0.717) is 12.7 Å². The van der Waals surface area contributed by atoms with E-state index in [1.54, 1.807) is 0 Å². The lowest BCUT2D eigenvalue weighted by atomic mass is 9.80. The molecule has 1 saturated heterocycles. The predicted octanol–water partition coefficient (Wildman–Crippen LogP) is 4.37. The van der Waals surface area contributed by atoms with Gasteiger partial charge in [0.05, 0.1) is 18.8 Å².